The lowest BCUT2D eigenvalue weighted by atomic mass is 10.0. The molecule has 1 amide bonds. The predicted molar refractivity (Wildman–Crippen MR) is 130 cm³/mol. The number of aliphatic hydroxyl groups is 1. The van der Waals surface area contributed by atoms with E-state index in [4.69, 9.17) is 4.74 Å². The lowest BCUT2D eigenvalue weighted by molar-refractivity contribution is 0.0790. The van der Waals surface area contributed by atoms with Crippen LogP contribution in [-0.2, 0) is 13.1 Å². The molecule has 1 aliphatic rings. The summed E-state index contributed by atoms with van der Waals surface area (Å²) in [6.45, 7) is 7.17. The van der Waals surface area contributed by atoms with E-state index >= 15 is 0 Å². The maximum Gasteiger partial charge on any atom is 0.251 e. The highest BCUT2D eigenvalue weighted by Crippen LogP contribution is 2.27. The number of benzene rings is 2. The molecule has 33 heavy (non-hydrogen) atoms. The van der Waals surface area contributed by atoms with Crippen molar-refractivity contribution in [1.29, 1.82) is 0 Å². The molecule has 0 spiro atoms. The first-order valence-electron chi connectivity index (χ1n) is 11.5. The first-order chi connectivity index (χ1) is 16.0. The maximum atomic E-state index is 13.0. The lowest BCUT2D eigenvalue weighted by Gasteiger charge is -2.30. The van der Waals surface area contributed by atoms with E-state index in [1.54, 1.807) is 13.2 Å². The predicted octanol–water partition coefficient (Wildman–Crippen LogP) is 3.99. The molecule has 0 bridgehead atoms. The number of aromatic nitrogens is 1. The van der Waals surface area contributed by atoms with Crippen LogP contribution < -0.4 is 10.1 Å². The molecule has 1 fully saturated rings. The first kappa shape index (κ1) is 23.1. The fraction of sp³-hybridized carbons (Fsp3) is 0.370. The largest absolute Gasteiger partial charge is 0.495 e. The summed E-state index contributed by atoms with van der Waals surface area (Å²) in [5, 5.41) is 12.9. The van der Waals surface area contributed by atoms with Crippen LogP contribution in [0.25, 0.3) is 5.69 Å². The molecule has 1 aliphatic heterocycles. The second-order valence-electron chi connectivity index (χ2n) is 8.80. The summed E-state index contributed by atoms with van der Waals surface area (Å²) in [6, 6.07) is 17.9. The molecular weight excluding hydrogens is 414 g/mol. The standard InChI is InChI=1S/C27H33N3O3/c1-19-8-9-20(2)30(19)25-16-21(10-11-26(25)33-3)27(32)28-17-22-6-4-5-7-23(22)18-29-14-12-24(31)13-15-29/h4-11,16,24,31H,12-15,17-18H2,1-3H3,(H,28,32). The average molecular weight is 448 g/mol. The molecule has 174 valence electrons. The van der Waals surface area contributed by atoms with Gasteiger partial charge in [0.25, 0.3) is 5.91 Å². The number of hydrogen-bond acceptors (Lipinski definition) is 4. The molecule has 0 saturated carbocycles. The number of methoxy groups -OCH3 is 1. The monoisotopic (exact) mass is 447 g/mol. The van der Waals surface area contributed by atoms with Gasteiger partial charge in [0.15, 0.2) is 0 Å². The Labute approximate surface area is 195 Å². The molecule has 0 radical (unpaired) electrons. The molecule has 2 N–H and O–H groups in total. The number of nitrogens with zero attached hydrogens (tertiary/aromatic N) is 2. The zero-order valence-corrected chi connectivity index (χ0v) is 19.7. The van der Waals surface area contributed by atoms with E-state index in [1.165, 1.54) is 5.56 Å². The molecule has 1 aromatic heterocycles. The van der Waals surface area contributed by atoms with Crippen molar-refractivity contribution in [3.8, 4) is 11.4 Å². The van der Waals surface area contributed by atoms with Crippen LogP contribution in [0.2, 0.25) is 0 Å². The molecule has 0 atom stereocenters. The Bertz CT molecular complexity index is 1090. The number of rotatable bonds is 7. The number of aryl methyl sites for hydroxylation is 2. The highest BCUT2D eigenvalue weighted by molar-refractivity contribution is 5.95. The highest BCUT2D eigenvalue weighted by atomic mass is 16.5. The van der Waals surface area contributed by atoms with Crippen LogP contribution in [0.4, 0.5) is 0 Å². The highest BCUT2D eigenvalue weighted by Gasteiger charge is 2.18. The number of carbonyl (C=O) groups is 1. The SMILES string of the molecule is COc1ccc(C(=O)NCc2ccccc2CN2CCC(O)CC2)cc1-n1c(C)ccc1C. The van der Waals surface area contributed by atoms with Crippen molar-refractivity contribution in [2.24, 2.45) is 0 Å². The Kier molecular flexibility index (Phi) is 7.16. The number of nitrogens with one attached hydrogen (secondary N) is 1. The van der Waals surface area contributed by atoms with Crippen molar-refractivity contribution in [3.05, 3.63) is 82.7 Å². The van der Waals surface area contributed by atoms with E-state index in [2.05, 4.69) is 39.0 Å². The molecular formula is C27H33N3O3. The Hall–Kier alpha value is -3.09. The molecule has 0 aliphatic carbocycles. The van der Waals surface area contributed by atoms with Crippen LogP contribution in [0.1, 0.15) is 45.7 Å². The number of piperidine rings is 1. The second-order valence-corrected chi connectivity index (χ2v) is 8.80. The Morgan fingerprint density at radius 2 is 1.70 bits per heavy atom. The zero-order valence-electron chi connectivity index (χ0n) is 19.7. The fourth-order valence-electron chi connectivity index (χ4n) is 4.53. The number of likely N-dealkylation sites (tertiary alicyclic amines) is 1. The molecule has 1 saturated heterocycles. The van der Waals surface area contributed by atoms with Crippen LogP contribution in [0.3, 0.4) is 0 Å². The van der Waals surface area contributed by atoms with E-state index in [1.807, 2.05) is 38.1 Å². The van der Waals surface area contributed by atoms with Gasteiger partial charge in [0.05, 0.1) is 18.9 Å². The van der Waals surface area contributed by atoms with Crippen molar-refractivity contribution in [2.75, 3.05) is 20.2 Å². The molecule has 6 heteroatoms. The smallest absolute Gasteiger partial charge is 0.251 e. The number of hydrogen-bond donors (Lipinski definition) is 2. The normalized spacial score (nSPS) is 14.9. The van der Waals surface area contributed by atoms with E-state index in [0.29, 0.717) is 12.1 Å². The van der Waals surface area contributed by atoms with Crippen molar-refractivity contribution in [3.63, 3.8) is 0 Å². The van der Waals surface area contributed by atoms with E-state index < -0.39 is 0 Å². The first-order valence-corrected chi connectivity index (χ1v) is 11.5. The Morgan fingerprint density at radius 3 is 2.36 bits per heavy atom. The Balaban J connectivity index is 1.48. The zero-order chi connectivity index (χ0) is 23.4. The van der Waals surface area contributed by atoms with Crippen molar-refractivity contribution >= 4 is 5.91 Å². The summed E-state index contributed by atoms with van der Waals surface area (Å²) >= 11 is 0. The van der Waals surface area contributed by atoms with Gasteiger partial charge in [0.1, 0.15) is 5.75 Å². The van der Waals surface area contributed by atoms with Crippen LogP contribution >= 0.6 is 0 Å². The third kappa shape index (κ3) is 5.29. The van der Waals surface area contributed by atoms with Gasteiger partial charge in [-0.1, -0.05) is 24.3 Å². The molecule has 4 rings (SSSR count). The van der Waals surface area contributed by atoms with Gasteiger partial charge >= 0.3 is 0 Å². The molecule has 2 aromatic carbocycles. The quantitative estimate of drug-likeness (QED) is 0.575. The van der Waals surface area contributed by atoms with E-state index in [0.717, 1.165) is 60.9 Å². The maximum absolute atomic E-state index is 13.0. The summed E-state index contributed by atoms with van der Waals surface area (Å²) in [7, 11) is 1.65. The average Bonchev–Trinajstić information content (AvgIpc) is 3.17. The van der Waals surface area contributed by atoms with Crippen molar-refractivity contribution in [1.82, 2.24) is 14.8 Å². The van der Waals surface area contributed by atoms with Gasteiger partial charge < -0.3 is 19.7 Å². The number of amides is 1. The van der Waals surface area contributed by atoms with E-state index in [-0.39, 0.29) is 12.0 Å². The minimum atomic E-state index is -0.177. The number of aliphatic hydroxyl groups excluding tert-OH is 1. The summed E-state index contributed by atoms with van der Waals surface area (Å²) in [4.78, 5) is 15.4. The minimum absolute atomic E-state index is 0.114. The van der Waals surface area contributed by atoms with Gasteiger partial charge in [-0.2, -0.15) is 0 Å². The van der Waals surface area contributed by atoms with Gasteiger partial charge in [0.2, 0.25) is 0 Å². The van der Waals surface area contributed by atoms with Crippen molar-refractivity contribution < 1.29 is 14.6 Å². The van der Waals surface area contributed by atoms with Crippen LogP contribution in [-0.4, -0.2) is 46.8 Å². The number of carbonyl (C=O) groups excluding carboxylic acids is 1. The van der Waals surface area contributed by atoms with Crippen LogP contribution in [0.15, 0.2) is 54.6 Å². The number of ether oxygens (including phenoxy) is 1. The topological polar surface area (TPSA) is 66.7 Å². The third-order valence-corrected chi connectivity index (χ3v) is 6.46. The summed E-state index contributed by atoms with van der Waals surface area (Å²) in [5.74, 6) is 0.614. The van der Waals surface area contributed by atoms with Crippen molar-refractivity contribution in [2.45, 2.75) is 45.9 Å². The molecule has 3 aromatic rings. The van der Waals surface area contributed by atoms with Crippen LogP contribution in [0, 0.1) is 13.8 Å². The second kappa shape index (κ2) is 10.2. The molecule has 0 unspecified atom stereocenters. The summed E-state index contributed by atoms with van der Waals surface area (Å²) in [5.41, 5.74) is 5.95. The van der Waals surface area contributed by atoms with Gasteiger partial charge in [-0.15, -0.1) is 0 Å². The molecule has 2 heterocycles. The van der Waals surface area contributed by atoms with Gasteiger partial charge in [-0.05, 0) is 68.1 Å². The summed E-state index contributed by atoms with van der Waals surface area (Å²) in [6.07, 6.45) is 1.46. The molecule has 6 nitrogen and oxygen atoms in total. The van der Waals surface area contributed by atoms with Gasteiger partial charge in [-0.25, -0.2) is 0 Å². The minimum Gasteiger partial charge on any atom is -0.495 e. The Morgan fingerprint density at radius 1 is 1.03 bits per heavy atom. The fourth-order valence-corrected chi connectivity index (χ4v) is 4.53. The third-order valence-electron chi connectivity index (χ3n) is 6.46. The van der Waals surface area contributed by atoms with Gasteiger partial charge in [0, 0.05) is 43.1 Å². The van der Waals surface area contributed by atoms with E-state index in [9.17, 15) is 9.90 Å². The van der Waals surface area contributed by atoms with Gasteiger partial charge in [-0.3, -0.25) is 9.69 Å². The lowest BCUT2D eigenvalue weighted by Crippen LogP contribution is -2.35. The van der Waals surface area contributed by atoms with Crippen LogP contribution in [0.5, 0.6) is 5.75 Å². The summed E-state index contributed by atoms with van der Waals surface area (Å²) < 4.78 is 7.66.